The number of para-hydroxylation sites is 1. The first-order valence-corrected chi connectivity index (χ1v) is 8.98. The van der Waals surface area contributed by atoms with Gasteiger partial charge in [-0.05, 0) is 42.5 Å². The molecule has 0 radical (unpaired) electrons. The number of hydrogen-bond donors (Lipinski definition) is 2. The number of amides is 2. The van der Waals surface area contributed by atoms with Gasteiger partial charge in [0.2, 0.25) is 0 Å². The number of nitrogens with one attached hydrogen (secondary N) is 2. The monoisotopic (exact) mass is 415 g/mol. The Balaban J connectivity index is 1.53. The number of nitrogens with zero attached hydrogens (tertiary/aromatic N) is 1. The molecule has 0 saturated heterocycles. The number of carbonyl (C=O) groups is 2. The van der Waals surface area contributed by atoms with E-state index in [0.717, 1.165) is 0 Å². The molecule has 8 heteroatoms. The summed E-state index contributed by atoms with van der Waals surface area (Å²) < 4.78 is 5.55. The molecule has 28 heavy (non-hydrogen) atoms. The first kappa shape index (κ1) is 19.7. The number of furan rings is 1. The molecule has 2 amide bonds. The second kappa shape index (κ2) is 9.21. The van der Waals surface area contributed by atoms with E-state index >= 15 is 0 Å². The number of halogens is 2. The first-order chi connectivity index (χ1) is 13.5. The van der Waals surface area contributed by atoms with Crippen LogP contribution in [0.5, 0.6) is 0 Å². The van der Waals surface area contributed by atoms with E-state index < -0.39 is 11.8 Å². The molecule has 0 spiro atoms. The van der Waals surface area contributed by atoms with Crippen molar-refractivity contribution in [3.05, 3.63) is 82.2 Å². The summed E-state index contributed by atoms with van der Waals surface area (Å²) in [6.07, 6.45) is 1.51. The van der Waals surface area contributed by atoms with Crippen LogP contribution in [0.2, 0.25) is 10.0 Å². The van der Waals surface area contributed by atoms with Crippen LogP contribution in [0.3, 0.4) is 0 Å². The molecule has 0 aliphatic carbocycles. The lowest BCUT2D eigenvalue weighted by Crippen LogP contribution is -2.34. The summed E-state index contributed by atoms with van der Waals surface area (Å²) >= 11 is 11.9. The zero-order valence-corrected chi connectivity index (χ0v) is 16.0. The summed E-state index contributed by atoms with van der Waals surface area (Å²) in [6, 6.07) is 17.0. The Hall–Kier alpha value is -3.09. The van der Waals surface area contributed by atoms with Gasteiger partial charge in [-0.1, -0.05) is 41.4 Å². The Bertz CT molecular complexity index is 996. The highest BCUT2D eigenvalue weighted by Gasteiger charge is 2.14. The van der Waals surface area contributed by atoms with Gasteiger partial charge in [-0.15, -0.1) is 0 Å². The van der Waals surface area contributed by atoms with E-state index in [0.29, 0.717) is 32.9 Å². The van der Waals surface area contributed by atoms with Crippen molar-refractivity contribution in [1.82, 2.24) is 5.32 Å². The minimum absolute atomic E-state index is 0.0673. The van der Waals surface area contributed by atoms with Crippen LogP contribution in [0.1, 0.15) is 11.5 Å². The van der Waals surface area contributed by atoms with Crippen LogP contribution >= 0.6 is 23.2 Å². The fourth-order valence-corrected chi connectivity index (χ4v) is 2.78. The smallest absolute Gasteiger partial charge is 0.313 e. The Morgan fingerprint density at radius 1 is 0.964 bits per heavy atom. The maximum absolute atomic E-state index is 11.9. The van der Waals surface area contributed by atoms with Crippen molar-refractivity contribution < 1.29 is 14.0 Å². The van der Waals surface area contributed by atoms with Gasteiger partial charge in [0.1, 0.15) is 11.5 Å². The van der Waals surface area contributed by atoms with E-state index in [1.165, 1.54) is 6.21 Å². The number of aliphatic imine (C=N–C) groups is 1. The average molecular weight is 416 g/mol. The molecular weight excluding hydrogens is 401 g/mol. The standard InChI is InChI=1S/C20H15Cl2N3O3/c21-13-8-14(22)10-16(9-13)23-11-17-6-7-18(28-17)12-24-19(26)20(27)25-15-4-2-1-3-5-15/h1-11H,12H2,(H,24,26)(H,25,27). The van der Waals surface area contributed by atoms with Gasteiger partial charge in [0, 0.05) is 15.7 Å². The highest BCUT2D eigenvalue weighted by Crippen LogP contribution is 2.24. The van der Waals surface area contributed by atoms with Gasteiger partial charge in [-0.2, -0.15) is 0 Å². The molecular formula is C20H15Cl2N3O3. The average Bonchev–Trinajstić information content (AvgIpc) is 3.12. The molecule has 2 N–H and O–H groups in total. The Morgan fingerprint density at radius 2 is 1.68 bits per heavy atom. The summed E-state index contributed by atoms with van der Waals surface area (Å²) in [7, 11) is 0. The lowest BCUT2D eigenvalue weighted by atomic mass is 10.3. The highest BCUT2D eigenvalue weighted by atomic mass is 35.5. The van der Waals surface area contributed by atoms with Crippen LogP contribution in [0.4, 0.5) is 11.4 Å². The van der Waals surface area contributed by atoms with E-state index in [1.54, 1.807) is 54.6 Å². The van der Waals surface area contributed by atoms with Gasteiger partial charge in [0.25, 0.3) is 0 Å². The van der Waals surface area contributed by atoms with E-state index in [1.807, 2.05) is 6.07 Å². The van der Waals surface area contributed by atoms with Gasteiger partial charge >= 0.3 is 11.8 Å². The number of rotatable bonds is 5. The van der Waals surface area contributed by atoms with Gasteiger partial charge in [-0.3, -0.25) is 14.6 Å². The van der Waals surface area contributed by atoms with Gasteiger partial charge in [0.05, 0.1) is 18.4 Å². The van der Waals surface area contributed by atoms with Crippen LogP contribution in [0, 0.1) is 0 Å². The van der Waals surface area contributed by atoms with Crippen LogP contribution in [0.25, 0.3) is 0 Å². The summed E-state index contributed by atoms with van der Waals surface area (Å²) in [6.45, 7) is 0.0673. The second-order valence-corrected chi connectivity index (χ2v) is 6.57. The lowest BCUT2D eigenvalue weighted by Gasteiger charge is -2.05. The number of benzene rings is 2. The quantitative estimate of drug-likeness (QED) is 0.471. The number of hydrogen-bond acceptors (Lipinski definition) is 4. The minimum atomic E-state index is -0.760. The maximum atomic E-state index is 11.9. The number of carbonyl (C=O) groups excluding carboxylic acids is 2. The van der Waals surface area contributed by atoms with Gasteiger partial charge < -0.3 is 15.1 Å². The zero-order valence-electron chi connectivity index (χ0n) is 14.5. The Labute approximate surface area is 171 Å². The third-order valence-electron chi connectivity index (χ3n) is 3.53. The van der Waals surface area contributed by atoms with Crippen LogP contribution in [-0.4, -0.2) is 18.0 Å². The Morgan fingerprint density at radius 3 is 2.39 bits per heavy atom. The lowest BCUT2D eigenvalue weighted by molar-refractivity contribution is -0.136. The normalized spacial score (nSPS) is 10.8. The zero-order chi connectivity index (χ0) is 19.9. The van der Waals surface area contributed by atoms with Crippen molar-refractivity contribution in [3.63, 3.8) is 0 Å². The van der Waals surface area contributed by atoms with Crippen molar-refractivity contribution in [2.24, 2.45) is 4.99 Å². The molecule has 0 unspecified atom stereocenters. The molecule has 0 atom stereocenters. The third-order valence-corrected chi connectivity index (χ3v) is 3.97. The fourth-order valence-electron chi connectivity index (χ4n) is 2.27. The topological polar surface area (TPSA) is 83.7 Å². The second-order valence-electron chi connectivity index (χ2n) is 5.69. The molecule has 0 bridgehead atoms. The maximum Gasteiger partial charge on any atom is 0.313 e. The fraction of sp³-hybridized carbons (Fsp3) is 0.0500. The number of anilines is 1. The van der Waals surface area contributed by atoms with Crippen molar-refractivity contribution in [2.75, 3.05) is 5.32 Å². The van der Waals surface area contributed by atoms with Gasteiger partial charge in [-0.25, -0.2) is 0 Å². The van der Waals surface area contributed by atoms with Crippen molar-refractivity contribution in [3.8, 4) is 0 Å². The molecule has 1 aromatic heterocycles. The van der Waals surface area contributed by atoms with E-state index in [9.17, 15) is 9.59 Å². The molecule has 0 aliphatic heterocycles. The van der Waals surface area contributed by atoms with Crippen LogP contribution in [-0.2, 0) is 16.1 Å². The Kier molecular flexibility index (Phi) is 6.47. The van der Waals surface area contributed by atoms with Crippen molar-refractivity contribution in [1.29, 1.82) is 0 Å². The molecule has 142 valence electrons. The predicted octanol–water partition coefficient (Wildman–Crippen LogP) is 4.59. The summed E-state index contributed by atoms with van der Waals surface area (Å²) in [4.78, 5) is 28.0. The summed E-state index contributed by atoms with van der Waals surface area (Å²) in [5.74, 6) is -0.554. The molecule has 3 aromatic rings. The molecule has 0 saturated carbocycles. The largest absolute Gasteiger partial charge is 0.458 e. The molecule has 1 heterocycles. The van der Waals surface area contributed by atoms with Crippen molar-refractivity contribution in [2.45, 2.75) is 6.54 Å². The summed E-state index contributed by atoms with van der Waals surface area (Å²) in [5, 5.41) is 5.97. The molecule has 0 fully saturated rings. The van der Waals surface area contributed by atoms with Crippen LogP contribution < -0.4 is 10.6 Å². The van der Waals surface area contributed by atoms with Crippen molar-refractivity contribution >= 4 is 52.6 Å². The molecule has 0 aliphatic rings. The molecule has 2 aromatic carbocycles. The van der Waals surface area contributed by atoms with Crippen LogP contribution in [0.15, 0.2) is 70.1 Å². The SMILES string of the molecule is O=C(NCc1ccc(C=Nc2cc(Cl)cc(Cl)c2)o1)C(=O)Nc1ccccc1. The van der Waals surface area contributed by atoms with Gasteiger partial charge in [0.15, 0.2) is 0 Å². The first-order valence-electron chi connectivity index (χ1n) is 8.23. The molecule has 3 rings (SSSR count). The highest BCUT2D eigenvalue weighted by molar-refractivity contribution is 6.39. The third kappa shape index (κ3) is 5.70. The molecule has 6 nitrogen and oxygen atoms in total. The van der Waals surface area contributed by atoms with E-state index in [4.69, 9.17) is 27.6 Å². The summed E-state index contributed by atoms with van der Waals surface area (Å²) in [5.41, 5.74) is 1.13. The minimum Gasteiger partial charge on any atom is -0.458 e. The van der Waals surface area contributed by atoms with E-state index in [2.05, 4.69) is 15.6 Å². The predicted molar refractivity (Wildman–Crippen MR) is 109 cm³/mol. The van der Waals surface area contributed by atoms with E-state index in [-0.39, 0.29) is 6.54 Å².